The van der Waals surface area contributed by atoms with Crippen molar-refractivity contribution in [2.45, 2.75) is 18.7 Å². The van der Waals surface area contributed by atoms with Gasteiger partial charge < -0.3 is 0 Å². The Balaban J connectivity index is 2.07. The summed E-state index contributed by atoms with van der Waals surface area (Å²) < 4.78 is 24.2. The molecule has 0 bridgehead atoms. The Hall–Kier alpha value is -1.79. The fraction of sp³-hybridized carbons (Fsp3) is 0.278. The highest BCUT2D eigenvalue weighted by atomic mass is 32.2. The predicted octanol–water partition coefficient (Wildman–Crippen LogP) is 3.67. The molecule has 0 saturated heterocycles. The molecule has 2 aromatic carbocycles. The summed E-state index contributed by atoms with van der Waals surface area (Å²) in [6.45, 7) is 4.06. The first-order valence-corrected chi connectivity index (χ1v) is 10.3. The van der Waals surface area contributed by atoms with Crippen LogP contribution in [0.3, 0.4) is 0 Å². The Morgan fingerprint density at radius 3 is 2.29 bits per heavy atom. The standard InChI is InChI=1S/C18H21NO3S2/c1-13-5-6-14(2)18(11-13)23-12-17(20)15-7-9-16(10-8-15)19(3)24(4,21)22/h5-11H,12H2,1-4H3. The zero-order chi connectivity index (χ0) is 17.9. The van der Waals surface area contributed by atoms with Crippen LogP contribution in [-0.2, 0) is 10.0 Å². The molecule has 0 unspecified atom stereocenters. The molecular formula is C18H21NO3S2. The predicted molar refractivity (Wildman–Crippen MR) is 101 cm³/mol. The van der Waals surface area contributed by atoms with E-state index in [0.29, 0.717) is 17.0 Å². The van der Waals surface area contributed by atoms with Gasteiger partial charge in [0.25, 0.3) is 0 Å². The van der Waals surface area contributed by atoms with Crippen molar-refractivity contribution in [1.82, 2.24) is 0 Å². The highest BCUT2D eigenvalue weighted by Crippen LogP contribution is 2.25. The first-order valence-electron chi connectivity index (χ1n) is 7.45. The van der Waals surface area contributed by atoms with E-state index in [-0.39, 0.29) is 5.78 Å². The summed E-state index contributed by atoms with van der Waals surface area (Å²) in [6.07, 6.45) is 1.15. The molecule has 0 fully saturated rings. The van der Waals surface area contributed by atoms with Gasteiger partial charge in [0.2, 0.25) is 10.0 Å². The monoisotopic (exact) mass is 363 g/mol. The second-order valence-corrected chi connectivity index (χ2v) is 8.79. The van der Waals surface area contributed by atoms with E-state index >= 15 is 0 Å². The Labute approximate surface area is 147 Å². The molecule has 0 atom stereocenters. The summed E-state index contributed by atoms with van der Waals surface area (Å²) in [5, 5.41) is 0. The molecule has 0 aliphatic rings. The number of carbonyl (C=O) groups excluding carboxylic acids is 1. The Morgan fingerprint density at radius 2 is 1.71 bits per heavy atom. The number of carbonyl (C=O) groups is 1. The normalized spacial score (nSPS) is 11.3. The van der Waals surface area contributed by atoms with E-state index < -0.39 is 10.0 Å². The van der Waals surface area contributed by atoms with E-state index in [9.17, 15) is 13.2 Å². The van der Waals surface area contributed by atoms with Gasteiger partial charge >= 0.3 is 0 Å². The fourth-order valence-electron chi connectivity index (χ4n) is 2.14. The molecule has 24 heavy (non-hydrogen) atoms. The summed E-state index contributed by atoms with van der Waals surface area (Å²) >= 11 is 1.52. The first kappa shape index (κ1) is 18.5. The lowest BCUT2D eigenvalue weighted by molar-refractivity contribution is 0.102. The summed E-state index contributed by atoms with van der Waals surface area (Å²) in [5.74, 6) is 0.375. The lowest BCUT2D eigenvalue weighted by Gasteiger charge is -2.16. The first-order chi connectivity index (χ1) is 11.2. The van der Waals surface area contributed by atoms with Crippen molar-refractivity contribution in [2.24, 2.45) is 0 Å². The van der Waals surface area contributed by atoms with Crippen LogP contribution in [0.5, 0.6) is 0 Å². The topological polar surface area (TPSA) is 54.5 Å². The van der Waals surface area contributed by atoms with E-state index in [4.69, 9.17) is 0 Å². The molecule has 0 radical (unpaired) electrons. The van der Waals surface area contributed by atoms with E-state index in [0.717, 1.165) is 16.7 Å². The van der Waals surface area contributed by atoms with Crippen LogP contribution >= 0.6 is 11.8 Å². The van der Waals surface area contributed by atoms with Crippen molar-refractivity contribution >= 4 is 33.3 Å². The van der Waals surface area contributed by atoms with Crippen LogP contribution in [0, 0.1) is 13.8 Å². The molecular weight excluding hydrogens is 342 g/mol. The van der Waals surface area contributed by atoms with Crippen LogP contribution in [0.1, 0.15) is 21.5 Å². The molecule has 0 aliphatic heterocycles. The molecule has 0 saturated carbocycles. The fourth-order valence-corrected chi connectivity index (χ4v) is 3.66. The number of Topliss-reactive ketones (excluding diaryl/α,β-unsaturated/α-hetero) is 1. The molecule has 2 aromatic rings. The van der Waals surface area contributed by atoms with Crippen LogP contribution in [0.25, 0.3) is 0 Å². The second kappa shape index (κ2) is 7.40. The van der Waals surface area contributed by atoms with Gasteiger partial charge in [-0.05, 0) is 49.7 Å². The highest BCUT2D eigenvalue weighted by molar-refractivity contribution is 8.00. The van der Waals surface area contributed by atoms with Gasteiger partial charge in [-0.1, -0.05) is 17.7 Å². The average Bonchev–Trinajstić information content (AvgIpc) is 2.54. The van der Waals surface area contributed by atoms with E-state index in [1.165, 1.54) is 28.7 Å². The number of ketones is 1. The third-order valence-corrected chi connectivity index (χ3v) is 6.12. The minimum absolute atomic E-state index is 0.0227. The number of thioether (sulfide) groups is 1. The summed E-state index contributed by atoms with van der Waals surface area (Å²) in [5.41, 5.74) is 3.45. The number of hydrogen-bond donors (Lipinski definition) is 0. The van der Waals surface area contributed by atoms with Crippen molar-refractivity contribution in [3.8, 4) is 0 Å². The van der Waals surface area contributed by atoms with Crippen molar-refractivity contribution in [3.63, 3.8) is 0 Å². The van der Waals surface area contributed by atoms with E-state index in [1.807, 2.05) is 13.8 Å². The third kappa shape index (κ3) is 4.61. The maximum atomic E-state index is 12.3. The van der Waals surface area contributed by atoms with Gasteiger partial charge in [0, 0.05) is 17.5 Å². The average molecular weight is 364 g/mol. The highest BCUT2D eigenvalue weighted by Gasteiger charge is 2.13. The second-order valence-electron chi connectivity index (χ2n) is 5.76. The maximum absolute atomic E-state index is 12.3. The molecule has 0 aromatic heterocycles. The zero-order valence-electron chi connectivity index (χ0n) is 14.2. The van der Waals surface area contributed by atoms with E-state index in [1.54, 1.807) is 24.3 Å². The van der Waals surface area contributed by atoms with Gasteiger partial charge in [0.1, 0.15) is 0 Å². The Bertz CT molecular complexity index is 843. The number of hydrogen-bond acceptors (Lipinski definition) is 4. The van der Waals surface area contributed by atoms with Crippen LogP contribution in [0.4, 0.5) is 5.69 Å². The molecule has 4 nitrogen and oxygen atoms in total. The van der Waals surface area contributed by atoms with Crippen LogP contribution in [-0.4, -0.2) is 33.3 Å². The van der Waals surface area contributed by atoms with Gasteiger partial charge in [-0.15, -0.1) is 11.8 Å². The minimum atomic E-state index is -3.30. The molecule has 0 amide bonds. The van der Waals surface area contributed by atoms with Crippen LogP contribution < -0.4 is 4.31 Å². The SMILES string of the molecule is Cc1ccc(C)c(SCC(=O)c2ccc(N(C)S(C)(=O)=O)cc2)c1. The molecule has 0 spiro atoms. The van der Waals surface area contributed by atoms with Crippen LogP contribution in [0.2, 0.25) is 0 Å². The Morgan fingerprint density at radius 1 is 1.08 bits per heavy atom. The third-order valence-electron chi connectivity index (χ3n) is 3.75. The molecule has 0 aliphatic carbocycles. The molecule has 6 heteroatoms. The molecule has 0 heterocycles. The number of nitrogens with zero attached hydrogens (tertiary/aromatic N) is 1. The lowest BCUT2D eigenvalue weighted by atomic mass is 10.1. The lowest BCUT2D eigenvalue weighted by Crippen LogP contribution is -2.24. The maximum Gasteiger partial charge on any atom is 0.231 e. The Kier molecular flexibility index (Phi) is 5.72. The minimum Gasteiger partial charge on any atom is -0.293 e. The largest absolute Gasteiger partial charge is 0.293 e. The molecule has 128 valence electrons. The number of rotatable bonds is 6. The summed E-state index contributed by atoms with van der Waals surface area (Å²) in [7, 11) is -1.81. The van der Waals surface area contributed by atoms with Gasteiger partial charge in [0.05, 0.1) is 17.7 Å². The molecule has 0 N–H and O–H groups in total. The number of benzene rings is 2. The zero-order valence-corrected chi connectivity index (χ0v) is 15.9. The number of sulfonamides is 1. The van der Waals surface area contributed by atoms with Crippen molar-refractivity contribution < 1.29 is 13.2 Å². The summed E-state index contributed by atoms with van der Waals surface area (Å²) in [6, 6.07) is 12.8. The summed E-state index contributed by atoms with van der Waals surface area (Å²) in [4.78, 5) is 13.4. The number of anilines is 1. The van der Waals surface area contributed by atoms with Crippen molar-refractivity contribution in [3.05, 3.63) is 59.2 Å². The quantitative estimate of drug-likeness (QED) is 0.580. The van der Waals surface area contributed by atoms with Gasteiger partial charge in [0.15, 0.2) is 5.78 Å². The van der Waals surface area contributed by atoms with Crippen molar-refractivity contribution in [1.29, 1.82) is 0 Å². The molecule has 2 rings (SSSR count). The smallest absolute Gasteiger partial charge is 0.231 e. The number of aryl methyl sites for hydroxylation is 2. The van der Waals surface area contributed by atoms with Gasteiger partial charge in [-0.3, -0.25) is 9.10 Å². The van der Waals surface area contributed by atoms with Crippen molar-refractivity contribution in [2.75, 3.05) is 23.4 Å². The van der Waals surface area contributed by atoms with Gasteiger partial charge in [-0.2, -0.15) is 0 Å². The van der Waals surface area contributed by atoms with Gasteiger partial charge in [-0.25, -0.2) is 8.42 Å². The van der Waals surface area contributed by atoms with E-state index in [2.05, 4.69) is 18.2 Å². The van der Waals surface area contributed by atoms with Crippen LogP contribution in [0.15, 0.2) is 47.4 Å².